The van der Waals surface area contributed by atoms with E-state index in [1.807, 2.05) is 4.90 Å². The molecule has 1 fully saturated rings. The monoisotopic (exact) mass is 430 g/mol. The topological polar surface area (TPSA) is 68.7 Å². The van der Waals surface area contributed by atoms with Crippen LogP contribution in [-0.4, -0.2) is 48.7 Å². The molecule has 2 aromatic carbocycles. The Morgan fingerprint density at radius 2 is 2.13 bits per heavy atom. The first-order valence-electron chi connectivity index (χ1n) is 9.43. The number of amides is 1. The van der Waals surface area contributed by atoms with Crippen molar-refractivity contribution in [3.05, 3.63) is 47.1 Å². The molecule has 1 amide bonds. The summed E-state index contributed by atoms with van der Waals surface area (Å²) in [7, 11) is 1.63. The normalized spacial score (nSPS) is 18.5. The number of aromatic nitrogens is 1. The number of phenolic OH excluding ortho intramolecular Hbond substituents is 1. The van der Waals surface area contributed by atoms with Crippen LogP contribution in [0.5, 0.6) is 5.75 Å². The van der Waals surface area contributed by atoms with E-state index in [1.165, 1.54) is 35.4 Å². The fourth-order valence-corrected chi connectivity index (χ4v) is 4.54. The maximum absolute atomic E-state index is 15.7. The largest absolute Gasteiger partial charge is 0.507 e. The summed E-state index contributed by atoms with van der Waals surface area (Å²) in [5.41, 5.74) is 1.12. The molecule has 1 aromatic heterocycles. The summed E-state index contributed by atoms with van der Waals surface area (Å²) < 4.78 is 30.1. The number of aromatic hydroxyl groups is 1. The average molecular weight is 431 g/mol. The maximum atomic E-state index is 15.7. The van der Waals surface area contributed by atoms with E-state index >= 15 is 4.39 Å². The average Bonchev–Trinajstić information content (AvgIpc) is 2.74. The minimum atomic E-state index is -0.767. The molecule has 1 saturated heterocycles. The highest BCUT2D eigenvalue weighted by Crippen LogP contribution is 2.46. The van der Waals surface area contributed by atoms with Crippen molar-refractivity contribution in [1.29, 1.82) is 0 Å². The molecule has 0 unspecified atom stereocenters. The minimum absolute atomic E-state index is 0.0156. The van der Waals surface area contributed by atoms with Gasteiger partial charge in [0.05, 0.1) is 39.1 Å². The Labute approximate surface area is 175 Å². The summed E-state index contributed by atoms with van der Waals surface area (Å²) >= 11 is 6.34. The third kappa shape index (κ3) is 2.57. The van der Waals surface area contributed by atoms with Gasteiger partial charge < -0.3 is 20.2 Å². The number of anilines is 2. The van der Waals surface area contributed by atoms with Gasteiger partial charge in [0, 0.05) is 32.2 Å². The number of hydrogen-bond donors (Lipinski definition) is 2. The van der Waals surface area contributed by atoms with Crippen LogP contribution in [0.4, 0.5) is 20.2 Å². The van der Waals surface area contributed by atoms with Crippen LogP contribution < -0.4 is 15.1 Å². The molecule has 3 heterocycles. The van der Waals surface area contributed by atoms with Gasteiger partial charge in [-0.05, 0) is 18.2 Å². The van der Waals surface area contributed by atoms with Crippen LogP contribution in [0, 0.1) is 11.6 Å². The number of nitrogens with one attached hydrogen (secondary N) is 1. The van der Waals surface area contributed by atoms with Gasteiger partial charge in [0.25, 0.3) is 5.91 Å². The first kappa shape index (κ1) is 19.0. The Kier molecular flexibility index (Phi) is 4.30. The molecule has 2 aliphatic heterocycles. The summed E-state index contributed by atoms with van der Waals surface area (Å²) in [5.74, 6) is -1.94. The van der Waals surface area contributed by atoms with Crippen LogP contribution in [0.25, 0.3) is 22.0 Å². The second kappa shape index (κ2) is 6.78. The Morgan fingerprint density at radius 1 is 1.33 bits per heavy atom. The van der Waals surface area contributed by atoms with Crippen LogP contribution >= 0.6 is 11.6 Å². The summed E-state index contributed by atoms with van der Waals surface area (Å²) in [4.78, 5) is 20.4. The van der Waals surface area contributed by atoms with Gasteiger partial charge in [0.2, 0.25) is 0 Å². The van der Waals surface area contributed by atoms with E-state index in [1.54, 1.807) is 7.05 Å². The number of piperazine rings is 1. The third-order valence-electron chi connectivity index (χ3n) is 5.76. The zero-order valence-electron chi connectivity index (χ0n) is 15.9. The molecule has 30 heavy (non-hydrogen) atoms. The predicted molar refractivity (Wildman–Crippen MR) is 111 cm³/mol. The zero-order valence-corrected chi connectivity index (χ0v) is 16.7. The van der Waals surface area contributed by atoms with Gasteiger partial charge in [-0.2, -0.15) is 0 Å². The van der Waals surface area contributed by atoms with Crippen molar-refractivity contribution in [2.24, 2.45) is 0 Å². The number of fused-ring (bicyclic) bond motifs is 5. The van der Waals surface area contributed by atoms with E-state index < -0.39 is 17.7 Å². The van der Waals surface area contributed by atoms with E-state index in [2.05, 4.69) is 10.3 Å². The molecule has 0 radical (unpaired) electrons. The van der Waals surface area contributed by atoms with Crippen LogP contribution in [0.15, 0.2) is 30.5 Å². The molecule has 154 valence electrons. The van der Waals surface area contributed by atoms with Crippen molar-refractivity contribution >= 4 is 39.8 Å². The number of likely N-dealkylation sites (N-methyl/N-ethyl adjacent to an activating group) is 1. The molecule has 9 heteroatoms. The number of halogens is 3. The van der Waals surface area contributed by atoms with Crippen LogP contribution in [0.3, 0.4) is 0 Å². The highest BCUT2D eigenvalue weighted by molar-refractivity contribution is 6.35. The molecule has 5 rings (SSSR count). The van der Waals surface area contributed by atoms with Gasteiger partial charge in [-0.1, -0.05) is 17.7 Å². The van der Waals surface area contributed by atoms with E-state index in [0.29, 0.717) is 31.0 Å². The molecule has 3 aromatic rings. The Balaban J connectivity index is 1.82. The number of pyridine rings is 1. The Morgan fingerprint density at radius 3 is 2.90 bits per heavy atom. The highest BCUT2D eigenvalue weighted by atomic mass is 35.5. The van der Waals surface area contributed by atoms with Gasteiger partial charge in [-0.25, -0.2) is 8.78 Å². The molecule has 0 saturated carbocycles. The predicted octanol–water partition coefficient (Wildman–Crippen LogP) is 3.29. The summed E-state index contributed by atoms with van der Waals surface area (Å²) in [5, 5.41) is 13.2. The lowest BCUT2D eigenvalue weighted by atomic mass is 9.98. The van der Waals surface area contributed by atoms with Crippen molar-refractivity contribution in [3.63, 3.8) is 0 Å². The first-order valence-corrected chi connectivity index (χ1v) is 9.81. The van der Waals surface area contributed by atoms with Gasteiger partial charge >= 0.3 is 0 Å². The fourth-order valence-electron chi connectivity index (χ4n) is 4.29. The third-order valence-corrected chi connectivity index (χ3v) is 6.13. The summed E-state index contributed by atoms with van der Waals surface area (Å²) in [6.45, 7) is 1.61. The van der Waals surface area contributed by atoms with Gasteiger partial charge in [-0.3, -0.25) is 9.78 Å². The molecule has 0 aliphatic carbocycles. The van der Waals surface area contributed by atoms with Crippen molar-refractivity contribution in [3.8, 4) is 16.9 Å². The Bertz CT molecular complexity index is 1200. The number of hydrogen-bond acceptors (Lipinski definition) is 5. The number of rotatable bonds is 1. The standard InChI is InChI=1S/C21H17ClF2N4O2/c1-27-13-9-26-12-7-10(16-11(23)3-2-4-15(16)29)18(22)19(24)17(12)20(13)28-6-5-25-8-14(28)21(27)30/h2-4,7,9,14,25,29H,5-6,8H2,1H3/t14-/m1/s1. The summed E-state index contributed by atoms with van der Waals surface area (Å²) in [6, 6.07) is 4.83. The lowest BCUT2D eigenvalue weighted by Crippen LogP contribution is -2.61. The molecular formula is C21H17ClF2N4O2. The van der Waals surface area contributed by atoms with Crippen LogP contribution in [0.1, 0.15) is 0 Å². The maximum Gasteiger partial charge on any atom is 0.250 e. The number of nitrogens with zero attached hydrogens (tertiary/aromatic N) is 3. The summed E-state index contributed by atoms with van der Waals surface area (Å²) in [6.07, 6.45) is 1.51. The highest BCUT2D eigenvalue weighted by Gasteiger charge is 2.40. The van der Waals surface area contributed by atoms with E-state index in [0.717, 1.165) is 0 Å². The number of benzene rings is 2. The molecule has 2 N–H and O–H groups in total. The SMILES string of the molecule is CN1C(=O)[C@H]2CNCCN2c2c1cnc1cc(-c3c(O)cccc3F)c(Cl)c(F)c21. The second-order valence-electron chi connectivity index (χ2n) is 7.38. The van der Waals surface area contributed by atoms with Crippen LogP contribution in [0.2, 0.25) is 5.02 Å². The van der Waals surface area contributed by atoms with E-state index in [9.17, 15) is 14.3 Å². The van der Waals surface area contributed by atoms with Gasteiger partial charge in [0.15, 0.2) is 5.82 Å². The number of carbonyl (C=O) groups is 1. The molecule has 1 atom stereocenters. The molecule has 2 aliphatic rings. The number of carbonyl (C=O) groups excluding carboxylic acids is 1. The van der Waals surface area contributed by atoms with Gasteiger partial charge in [-0.15, -0.1) is 0 Å². The van der Waals surface area contributed by atoms with E-state index in [-0.39, 0.29) is 38.7 Å². The minimum Gasteiger partial charge on any atom is -0.507 e. The quantitative estimate of drug-likeness (QED) is 0.620. The zero-order chi connectivity index (χ0) is 21.2. The molecule has 0 bridgehead atoms. The second-order valence-corrected chi connectivity index (χ2v) is 7.76. The first-order chi connectivity index (χ1) is 14.4. The lowest BCUT2D eigenvalue weighted by Gasteiger charge is -2.44. The molecule has 6 nitrogen and oxygen atoms in total. The lowest BCUT2D eigenvalue weighted by molar-refractivity contribution is -0.120. The van der Waals surface area contributed by atoms with Crippen molar-refractivity contribution in [1.82, 2.24) is 10.3 Å². The van der Waals surface area contributed by atoms with E-state index in [4.69, 9.17) is 11.6 Å². The van der Waals surface area contributed by atoms with Crippen molar-refractivity contribution < 1.29 is 18.7 Å². The smallest absolute Gasteiger partial charge is 0.250 e. The Hall–Kier alpha value is -2.97. The fraction of sp³-hybridized carbons (Fsp3) is 0.238. The number of phenols is 1. The van der Waals surface area contributed by atoms with Crippen molar-refractivity contribution in [2.45, 2.75) is 6.04 Å². The van der Waals surface area contributed by atoms with Crippen LogP contribution in [-0.2, 0) is 4.79 Å². The molecule has 0 spiro atoms. The van der Waals surface area contributed by atoms with Crippen molar-refractivity contribution in [2.75, 3.05) is 36.5 Å². The molecular weight excluding hydrogens is 414 g/mol. The van der Waals surface area contributed by atoms with Gasteiger partial charge in [0.1, 0.15) is 17.6 Å².